The number of ether oxygens (including phenoxy) is 1. The molecule has 0 aromatic carbocycles. The minimum atomic E-state index is 0.669. The molecule has 0 amide bonds. The molecule has 1 aliphatic rings. The van der Waals surface area contributed by atoms with Gasteiger partial charge in [-0.05, 0) is 43.3 Å². The zero-order valence-corrected chi connectivity index (χ0v) is 12.3. The van der Waals surface area contributed by atoms with Gasteiger partial charge in [0.2, 0.25) is 0 Å². The van der Waals surface area contributed by atoms with Crippen molar-refractivity contribution in [3.05, 3.63) is 21.9 Å². The van der Waals surface area contributed by atoms with E-state index in [0.29, 0.717) is 6.04 Å². The second kappa shape index (κ2) is 7.24. The van der Waals surface area contributed by atoms with Crippen molar-refractivity contribution < 1.29 is 4.74 Å². The minimum absolute atomic E-state index is 0.669. The number of rotatable bonds is 7. The number of hydrogen-bond acceptors (Lipinski definition) is 4. The Bertz CT molecular complexity index is 347. The highest BCUT2D eigenvalue weighted by atomic mass is 32.1. The van der Waals surface area contributed by atoms with E-state index in [1.54, 1.807) is 7.11 Å². The largest absolute Gasteiger partial charge is 0.383 e. The number of nitrogens with zero attached hydrogens (tertiary/aromatic N) is 1. The molecule has 1 unspecified atom stereocenters. The standard InChI is InChI=1S/C14H24N2OS/c1-12-5-9-18-14(12)11-16(7-8-17-2)10-13-4-3-6-15-13/h5,9,13,15H,3-4,6-8,10-11H2,1-2H3. The minimum Gasteiger partial charge on any atom is -0.383 e. The lowest BCUT2D eigenvalue weighted by Crippen LogP contribution is -2.38. The van der Waals surface area contributed by atoms with Gasteiger partial charge in [0.15, 0.2) is 0 Å². The van der Waals surface area contributed by atoms with Crippen LogP contribution in [0.4, 0.5) is 0 Å². The Morgan fingerprint density at radius 1 is 1.56 bits per heavy atom. The monoisotopic (exact) mass is 268 g/mol. The van der Waals surface area contributed by atoms with E-state index in [2.05, 4.69) is 28.6 Å². The smallest absolute Gasteiger partial charge is 0.0589 e. The van der Waals surface area contributed by atoms with Gasteiger partial charge in [-0.1, -0.05) is 0 Å². The number of methoxy groups -OCH3 is 1. The van der Waals surface area contributed by atoms with Gasteiger partial charge in [0.1, 0.15) is 0 Å². The van der Waals surface area contributed by atoms with Crippen LogP contribution in [0.2, 0.25) is 0 Å². The average molecular weight is 268 g/mol. The number of nitrogens with one attached hydrogen (secondary N) is 1. The first-order chi connectivity index (χ1) is 8.79. The van der Waals surface area contributed by atoms with Crippen LogP contribution in [0.1, 0.15) is 23.3 Å². The Morgan fingerprint density at radius 2 is 2.44 bits per heavy atom. The van der Waals surface area contributed by atoms with Gasteiger partial charge in [-0.3, -0.25) is 4.90 Å². The summed E-state index contributed by atoms with van der Waals surface area (Å²) in [6, 6.07) is 2.88. The normalized spacial score (nSPS) is 19.8. The third kappa shape index (κ3) is 4.05. The Morgan fingerprint density at radius 3 is 3.06 bits per heavy atom. The van der Waals surface area contributed by atoms with Gasteiger partial charge < -0.3 is 10.1 Å². The molecule has 0 spiro atoms. The summed E-state index contributed by atoms with van der Waals surface area (Å²) >= 11 is 1.87. The fourth-order valence-electron chi connectivity index (χ4n) is 2.45. The molecule has 3 nitrogen and oxygen atoms in total. The molecule has 1 N–H and O–H groups in total. The first-order valence-corrected chi connectivity index (χ1v) is 7.65. The first-order valence-electron chi connectivity index (χ1n) is 6.77. The third-order valence-corrected chi connectivity index (χ3v) is 4.60. The summed E-state index contributed by atoms with van der Waals surface area (Å²) in [5.74, 6) is 0. The molecular formula is C14H24N2OS. The van der Waals surface area contributed by atoms with Crippen molar-refractivity contribution in [1.82, 2.24) is 10.2 Å². The van der Waals surface area contributed by atoms with Crippen molar-refractivity contribution >= 4 is 11.3 Å². The summed E-state index contributed by atoms with van der Waals surface area (Å²) in [5, 5.41) is 5.77. The quantitative estimate of drug-likeness (QED) is 0.821. The van der Waals surface area contributed by atoms with Crippen LogP contribution in [-0.2, 0) is 11.3 Å². The van der Waals surface area contributed by atoms with E-state index in [-0.39, 0.29) is 0 Å². The molecule has 4 heteroatoms. The molecule has 1 saturated heterocycles. The van der Waals surface area contributed by atoms with E-state index in [1.807, 2.05) is 11.3 Å². The lowest BCUT2D eigenvalue weighted by atomic mass is 10.2. The maximum absolute atomic E-state index is 5.23. The van der Waals surface area contributed by atoms with E-state index in [1.165, 1.54) is 29.8 Å². The zero-order valence-electron chi connectivity index (χ0n) is 11.4. The lowest BCUT2D eigenvalue weighted by Gasteiger charge is -2.25. The van der Waals surface area contributed by atoms with Gasteiger partial charge in [-0.25, -0.2) is 0 Å². The molecule has 0 radical (unpaired) electrons. The van der Waals surface area contributed by atoms with Gasteiger partial charge in [0.25, 0.3) is 0 Å². The number of aryl methyl sites for hydroxylation is 1. The van der Waals surface area contributed by atoms with Crippen LogP contribution >= 0.6 is 11.3 Å². The van der Waals surface area contributed by atoms with Crippen LogP contribution in [-0.4, -0.2) is 44.3 Å². The summed E-state index contributed by atoms with van der Waals surface area (Å²) in [7, 11) is 1.78. The molecule has 1 aliphatic heterocycles. The summed E-state index contributed by atoms with van der Waals surface area (Å²) in [6.45, 7) is 7.42. The predicted octanol–water partition coefficient (Wildman–Crippen LogP) is 2.26. The van der Waals surface area contributed by atoms with Gasteiger partial charge in [-0.15, -0.1) is 11.3 Å². The van der Waals surface area contributed by atoms with E-state index in [9.17, 15) is 0 Å². The van der Waals surface area contributed by atoms with Crippen LogP contribution in [0.3, 0.4) is 0 Å². The van der Waals surface area contributed by atoms with Crippen molar-refractivity contribution in [3.8, 4) is 0 Å². The van der Waals surface area contributed by atoms with E-state index in [0.717, 1.165) is 26.2 Å². The van der Waals surface area contributed by atoms with Crippen LogP contribution in [0.15, 0.2) is 11.4 Å². The van der Waals surface area contributed by atoms with Crippen molar-refractivity contribution in [2.24, 2.45) is 0 Å². The number of thiophene rings is 1. The molecule has 1 atom stereocenters. The van der Waals surface area contributed by atoms with Crippen molar-refractivity contribution in [2.45, 2.75) is 32.4 Å². The molecule has 2 heterocycles. The molecule has 18 heavy (non-hydrogen) atoms. The molecular weight excluding hydrogens is 244 g/mol. The fourth-order valence-corrected chi connectivity index (χ4v) is 3.40. The molecule has 1 aromatic heterocycles. The zero-order chi connectivity index (χ0) is 12.8. The summed E-state index contributed by atoms with van der Waals surface area (Å²) in [5.41, 5.74) is 1.42. The van der Waals surface area contributed by atoms with Gasteiger partial charge in [-0.2, -0.15) is 0 Å². The van der Waals surface area contributed by atoms with Crippen molar-refractivity contribution in [1.29, 1.82) is 0 Å². The summed E-state index contributed by atoms with van der Waals surface area (Å²) in [4.78, 5) is 4.01. The van der Waals surface area contributed by atoms with Crippen molar-refractivity contribution in [2.75, 3.05) is 33.4 Å². The van der Waals surface area contributed by atoms with Gasteiger partial charge >= 0.3 is 0 Å². The maximum Gasteiger partial charge on any atom is 0.0589 e. The molecule has 0 aliphatic carbocycles. The molecule has 102 valence electrons. The number of hydrogen-bond donors (Lipinski definition) is 1. The third-order valence-electron chi connectivity index (χ3n) is 3.59. The molecule has 0 bridgehead atoms. The predicted molar refractivity (Wildman–Crippen MR) is 77.2 cm³/mol. The average Bonchev–Trinajstić information content (AvgIpc) is 2.99. The van der Waals surface area contributed by atoms with Crippen LogP contribution < -0.4 is 5.32 Å². The van der Waals surface area contributed by atoms with Gasteiger partial charge in [0, 0.05) is 37.7 Å². The summed E-state index contributed by atoms with van der Waals surface area (Å²) in [6.07, 6.45) is 2.63. The topological polar surface area (TPSA) is 24.5 Å². The Kier molecular flexibility index (Phi) is 5.63. The highest BCUT2D eigenvalue weighted by molar-refractivity contribution is 7.10. The van der Waals surface area contributed by atoms with Crippen molar-refractivity contribution in [3.63, 3.8) is 0 Å². The Balaban J connectivity index is 1.89. The molecule has 2 rings (SSSR count). The highest BCUT2D eigenvalue weighted by Crippen LogP contribution is 2.18. The second-order valence-electron chi connectivity index (χ2n) is 5.05. The SMILES string of the molecule is COCCN(Cc1sccc1C)CC1CCCN1. The maximum atomic E-state index is 5.23. The molecule has 1 aromatic rings. The second-order valence-corrected chi connectivity index (χ2v) is 6.05. The molecule has 1 fully saturated rings. The van der Waals surface area contributed by atoms with E-state index >= 15 is 0 Å². The lowest BCUT2D eigenvalue weighted by molar-refractivity contribution is 0.138. The Labute approximate surface area is 114 Å². The van der Waals surface area contributed by atoms with Gasteiger partial charge in [0.05, 0.1) is 6.61 Å². The van der Waals surface area contributed by atoms with Crippen LogP contribution in [0.5, 0.6) is 0 Å². The van der Waals surface area contributed by atoms with E-state index < -0.39 is 0 Å². The molecule has 0 saturated carbocycles. The summed E-state index contributed by atoms with van der Waals surface area (Å²) < 4.78 is 5.23. The van der Waals surface area contributed by atoms with E-state index in [4.69, 9.17) is 4.74 Å². The highest BCUT2D eigenvalue weighted by Gasteiger charge is 2.18. The fraction of sp³-hybridized carbons (Fsp3) is 0.714. The van der Waals surface area contributed by atoms with Crippen LogP contribution in [0.25, 0.3) is 0 Å². The first kappa shape index (κ1) is 14.0. The van der Waals surface area contributed by atoms with Crippen LogP contribution in [0, 0.1) is 6.92 Å². The Hall–Kier alpha value is -0.420.